The Kier molecular flexibility index (Phi) is 10.9. The van der Waals surface area contributed by atoms with Crippen LogP contribution in [0.4, 0.5) is 23.4 Å². The predicted octanol–water partition coefficient (Wildman–Crippen LogP) is 6.10. The fourth-order valence-corrected chi connectivity index (χ4v) is 5.43. The number of carboxylic acid groups (broad SMARTS) is 2. The van der Waals surface area contributed by atoms with Crippen molar-refractivity contribution in [3.8, 4) is 11.5 Å². The van der Waals surface area contributed by atoms with Gasteiger partial charge in [-0.25, -0.2) is 19.2 Å². The number of rotatable bonds is 10. The van der Waals surface area contributed by atoms with Crippen LogP contribution >= 0.6 is 11.6 Å². The van der Waals surface area contributed by atoms with Crippen molar-refractivity contribution < 1.29 is 56.0 Å². The number of aromatic nitrogens is 3. The number of hydrogen-bond acceptors (Lipinski definition) is 10. The standard InChI is InChI=1S/C30H27ClFN5O6.C2HF3O2/c1-15-6-16-7-17(32)8-24(28(16)42-15)43-19-4-5-21(23(31)9-19)27(40)22-11-34-29-26(22)30(36-14-35-29)37-18-2-3-20(41-13-18)10-33-12-25(38)39;3-2(4,5)1(6)7/h4-9,11,14,18,20,33H,2-3,10,12-13H2,1H3,(H,38,39)(H2,34,35,36,37);(H,6,7)/t18-,20+;/m1./s1. The molecule has 3 aromatic heterocycles. The molecule has 264 valence electrons. The minimum absolute atomic E-state index is 0.0704. The van der Waals surface area contributed by atoms with E-state index in [9.17, 15) is 27.2 Å². The Balaban J connectivity index is 0.000000630. The Hall–Kier alpha value is -5.26. The lowest BCUT2D eigenvalue weighted by Crippen LogP contribution is -2.40. The number of carbonyl (C=O) groups is 3. The zero-order valence-corrected chi connectivity index (χ0v) is 26.7. The molecule has 2 aromatic carbocycles. The molecule has 0 amide bonds. The second kappa shape index (κ2) is 15.1. The highest BCUT2D eigenvalue weighted by atomic mass is 35.5. The topological polar surface area (TPSA) is 189 Å². The molecule has 5 aromatic rings. The summed E-state index contributed by atoms with van der Waals surface area (Å²) in [4.78, 5) is 45.0. The number of aromatic amines is 1. The van der Waals surface area contributed by atoms with E-state index in [4.69, 9.17) is 40.5 Å². The Morgan fingerprint density at radius 1 is 1.10 bits per heavy atom. The van der Waals surface area contributed by atoms with Crippen molar-refractivity contribution in [1.82, 2.24) is 20.3 Å². The number of furan rings is 1. The van der Waals surface area contributed by atoms with Gasteiger partial charge in [-0.05, 0) is 44.0 Å². The number of ether oxygens (including phenoxy) is 2. The number of alkyl halides is 3. The van der Waals surface area contributed by atoms with Gasteiger partial charge in [-0.1, -0.05) is 11.6 Å². The van der Waals surface area contributed by atoms with E-state index in [0.29, 0.717) is 58.0 Å². The van der Waals surface area contributed by atoms with Gasteiger partial charge < -0.3 is 39.7 Å². The number of carbonyl (C=O) groups excluding carboxylic acids is 1. The second-order valence-corrected chi connectivity index (χ2v) is 11.5. The summed E-state index contributed by atoms with van der Waals surface area (Å²) in [6.45, 7) is 2.48. The zero-order chi connectivity index (χ0) is 36.2. The van der Waals surface area contributed by atoms with Gasteiger partial charge in [-0.3, -0.25) is 9.59 Å². The number of nitrogens with one attached hydrogen (secondary N) is 3. The third-order valence-corrected chi connectivity index (χ3v) is 7.71. The molecule has 0 unspecified atom stereocenters. The number of benzene rings is 2. The molecule has 0 spiro atoms. The summed E-state index contributed by atoms with van der Waals surface area (Å²) in [7, 11) is 0. The molecule has 1 fully saturated rings. The van der Waals surface area contributed by atoms with Gasteiger partial charge in [-0.2, -0.15) is 13.2 Å². The number of anilines is 1. The van der Waals surface area contributed by atoms with Crippen molar-refractivity contribution in [1.29, 1.82) is 0 Å². The van der Waals surface area contributed by atoms with E-state index in [1.165, 1.54) is 24.5 Å². The van der Waals surface area contributed by atoms with Gasteiger partial charge >= 0.3 is 18.1 Å². The largest absolute Gasteiger partial charge is 0.490 e. The van der Waals surface area contributed by atoms with Gasteiger partial charge in [0, 0.05) is 35.8 Å². The Morgan fingerprint density at radius 3 is 2.52 bits per heavy atom. The molecule has 1 saturated heterocycles. The maximum atomic E-state index is 14.2. The number of aliphatic carboxylic acids is 2. The molecule has 18 heteroatoms. The molecule has 1 aliphatic heterocycles. The van der Waals surface area contributed by atoms with Gasteiger partial charge in [-0.15, -0.1) is 0 Å². The first-order valence-corrected chi connectivity index (χ1v) is 15.2. The zero-order valence-electron chi connectivity index (χ0n) is 25.9. The summed E-state index contributed by atoms with van der Waals surface area (Å²) in [5, 5.41) is 23.4. The lowest BCUT2D eigenvalue weighted by atomic mass is 10.0. The van der Waals surface area contributed by atoms with Crippen molar-refractivity contribution in [3.05, 3.63) is 76.6 Å². The lowest BCUT2D eigenvalue weighted by Gasteiger charge is -2.30. The number of halogens is 5. The molecule has 0 saturated carbocycles. The van der Waals surface area contributed by atoms with Crippen molar-refractivity contribution in [2.45, 2.75) is 38.1 Å². The Bertz CT molecular complexity index is 2040. The highest BCUT2D eigenvalue weighted by Gasteiger charge is 2.38. The van der Waals surface area contributed by atoms with Gasteiger partial charge in [0.2, 0.25) is 0 Å². The predicted molar refractivity (Wildman–Crippen MR) is 170 cm³/mol. The van der Waals surface area contributed by atoms with E-state index >= 15 is 0 Å². The lowest BCUT2D eigenvalue weighted by molar-refractivity contribution is -0.192. The van der Waals surface area contributed by atoms with Gasteiger partial charge in [0.25, 0.3) is 0 Å². The molecule has 6 rings (SSSR count). The maximum Gasteiger partial charge on any atom is 0.490 e. The molecule has 1 aliphatic rings. The van der Waals surface area contributed by atoms with Crippen molar-refractivity contribution in [2.24, 2.45) is 0 Å². The van der Waals surface area contributed by atoms with Crippen LogP contribution in [-0.4, -0.2) is 80.9 Å². The number of aryl methyl sites for hydroxylation is 1. The molecule has 0 aliphatic carbocycles. The van der Waals surface area contributed by atoms with E-state index in [2.05, 4.69) is 25.6 Å². The van der Waals surface area contributed by atoms with Crippen molar-refractivity contribution in [3.63, 3.8) is 0 Å². The molecule has 13 nitrogen and oxygen atoms in total. The minimum Gasteiger partial charge on any atom is -0.480 e. The third kappa shape index (κ3) is 8.66. The second-order valence-electron chi connectivity index (χ2n) is 11.1. The fraction of sp³-hybridized carbons (Fsp3) is 0.281. The number of ketones is 1. The SMILES string of the molecule is Cc1cc2cc(F)cc(Oc3ccc(C(=O)c4c[nH]c5ncnc(N[C@@H]6CC[C@@H](CNCC(=O)O)OC6)c45)c(Cl)c3)c2o1.O=C(O)C(F)(F)F. The number of nitrogens with zero attached hydrogens (tertiary/aromatic N) is 2. The number of carboxylic acids is 2. The summed E-state index contributed by atoms with van der Waals surface area (Å²) in [5.74, 6) is -2.90. The number of H-pyrrole nitrogens is 1. The average Bonchev–Trinajstić information content (AvgIpc) is 3.65. The van der Waals surface area contributed by atoms with E-state index in [0.717, 1.165) is 12.8 Å². The van der Waals surface area contributed by atoms with Crippen LogP contribution in [0, 0.1) is 12.7 Å². The molecule has 4 heterocycles. The van der Waals surface area contributed by atoms with Gasteiger partial charge in [0.15, 0.2) is 17.1 Å². The van der Waals surface area contributed by atoms with Crippen LogP contribution in [0.1, 0.15) is 34.5 Å². The van der Waals surface area contributed by atoms with E-state index in [1.807, 2.05) is 0 Å². The normalized spacial score (nSPS) is 16.1. The molecular formula is C32H28ClF4N5O8. The van der Waals surface area contributed by atoms with Crippen LogP contribution < -0.4 is 15.4 Å². The van der Waals surface area contributed by atoms with Crippen LogP contribution in [0.15, 0.2) is 53.3 Å². The van der Waals surface area contributed by atoms with E-state index in [1.54, 1.807) is 31.3 Å². The van der Waals surface area contributed by atoms with Crippen LogP contribution in [0.5, 0.6) is 11.5 Å². The van der Waals surface area contributed by atoms with Crippen molar-refractivity contribution >= 4 is 57.1 Å². The number of fused-ring (bicyclic) bond motifs is 2. The molecular weight excluding hydrogens is 694 g/mol. The maximum absolute atomic E-state index is 14.2. The average molecular weight is 722 g/mol. The molecule has 5 N–H and O–H groups in total. The van der Waals surface area contributed by atoms with E-state index < -0.39 is 23.9 Å². The summed E-state index contributed by atoms with van der Waals surface area (Å²) >= 11 is 6.57. The Labute approximate surface area is 284 Å². The highest BCUT2D eigenvalue weighted by molar-refractivity contribution is 6.35. The first-order valence-electron chi connectivity index (χ1n) is 14.8. The molecule has 0 radical (unpaired) electrons. The first kappa shape index (κ1) is 36.0. The summed E-state index contributed by atoms with van der Waals surface area (Å²) in [6.07, 6.45) is -0.710. The van der Waals surface area contributed by atoms with E-state index in [-0.39, 0.29) is 40.8 Å². The molecule has 2 atom stereocenters. The highest BCUT2D eigenvalue weighted by Crippen LogP contribution is 2.36. The van der Waals surface area contributed by atoms with Gasteiger partial charge in [0.1, 0.15) is 35.1 Å². The summed E-state index contributed by atoms with van der Waals surface area (Å²) < 4.78 is 63.4. The number of hydrogen-bond donors (Lipinski definition) is 5. The summed E-state index contributed by atoms with van der Waals surface area (Å²) in [5.41, 5.74) is 1.45. The van der Waals surface area contributed by atoms with Crippen LogP contribution in [-0.2, 0) is 14.3 Å². The molecule has 0 bridgehead atoms. The van der Waals surface area contributed by atoms with Crippen LogP contribution in [0.25, 0.3) is 22.0 Å². The van der Waals surface area contributed by atoms with Crippen LogP contribution in [0.2, 0.25) is 5.02 Å². The minimum atomic E-state index is -5.08. The third-order valence-electron chi connectivity index (χ3n) is 7.40. The fourth-order valence-electron chi connectivity index (χ4n) is 5.17. The van der Waals surface area contributed by atoms with Crippen LogP contribution in [0.3, 0.4) is 0 Å². The van der Waals surface area contributed by atoms with Crippen molar-refractivity contribution in [2.75, 3.05) is 25.0 Å². The molecule has 50 heavy (non-hydrogen) atoms. The quantitative estimate of drug-likeness (QED) is 0.0825. The smallest absolute Gasteiger partial charge is 0.480 e. The Morgan fingerprint density at radius 2 is 1.86 bits per heavy atom. The monoisotopic (exact) mass is 721 g/mol. The summed E-state index contributed by atoms with van der Waals surface area (Å²) in [6, 6.07) is 8.86. The van der Waals surface area contributed by atoms with Gasteiger partial charge in [0.05, 0.1) is 41.3 Å². The first-order chi connectivity index (χ1) is 23.7.